The van der Waals surface area contributed by atoms with Gasteiger partial charge in [-0.15, -0.1) is 0 Å². The number of hydrogen-bond acceptors (Lipinski definition) is 3. The summed E-state index contributed by atoms with van der Waals surface area (Å²) in [5.74, 6) is -0.241. The van der Waals surface area contributed by atoms with Crippen molar-refractivity contribution in [3.63, 3.8) is 0 Å². The molecule has 0 atom stereocenters. The van der Waals surface area contributed by atoms with Crippen LogP contribution >= 0.6 is 0 Å². The molecule has 1 amide bonds. The van der Waals surface area contributed by atoms with Gasteiger partial charge in [0.2, 0.25) is 15.9 Å². The van der Waals surface area contributed by atoms with Gasteiger partial charge in [-0.1, -0.05) is 48.5 Å². The maximum atomic E-state index is 12.5. The zero-order valence-electron chi connectivity index (χ0n) is 15.3. The van der Waals surface area contributed by atoms with Crippen molar-refractivity contribution in [2.45, 2.75) is 25.2 Å². The number of amides is 1. The van der Waals surface area contributed by atoms with Crippen molar-refractivity contribution in [1.29, 1.82) is 0 Å². The standard InChI is InChI=1S/C21H22N2O3S/c1-15-10-11-16(2)20(14-15)27(25,26)22-13-12-21(24)23-19-9-5-7-17-6-3-4-8-18(17)19/h3-11,14,22H,12-13H2,1-2H3,(H,23,24). The Balaban J connectivity index is 1.63. The van der Waals surface area contributed by atoms with Crippen LogP contribution in [0.1, 0.15) is 17.5 Å². The maximum Gasteiger partial charge on any atom is 0.240 e. The lowest BCUT2D eigenvalue weighted by Crippen LogP contribution is -2.28. The predicted molar refractivity (Wildman–Crippen MR) is 108 cm³/mol. The molecule has 27 heavy (non-hydrogen) atoms. The predicted octanol–water partition coefficient (Wildman–Crippen LogP) is 3.76. The van der Waals surface area contributed by atoms with Crippen molar-refractivity contribution in [2.75, 3.05) is 11.9 Å². The lowest BCUT2D eigenvalue weighted by molar-refractivity contribution is -0.116. The Kier molecular flexibility index (Phi) is 5.58. The lowest BCUT2D eigenvalue weighted by atomic mass is 10.1. The molecule has 140 valence electrons. The number of rotatable bonds is 6. The smallest absolute Gasteiger partial charge is 0.240 e. The van der Waals surface area contributed by atoms with Crippen LogP contribution in [0.3, 0.4) is 0 Å². The highest BCUT2D eigenvalue weighted by molar-refractivity contribution is 7.89. The van der Waals surface area contributed by atoms with Crippen LogP contribution in [0.4, 0.5) is 5.69 Å². The van der Waals surface area contributed by atoms with Crippen LogP contribution in [0.5, 0.6) is 0 Å². The fourth-order valence-corrected chi connectivity index (χ4v) is 4.28. The van der Waals surface area contributed by atoms with E-state index in [1.165, 1.54) is 0 Å². The van der Waals surface area contributed by atoms with Gasteiger partial charge in [0.15, 0.2) is 0 Å². The number of aryl methyl sites for hydroxylation is 2. The molecule has 5 nitrogen and oxygen atoms in total. The van der Waals surface area contributed by atoms with Gasteiger partial charge in [-0.3, -0.25) is 4.79 Å². The summed E-state index contributed by atoms with van der Waals surface area (Å²) in [4.78, 5) is 12.5. The average molecular weight is 382 g/mol. The van der Waals surface area contributed by atoms with Gasteiger partial charge in [-0.25, -0.2) is 13.1 Å². The Labute approximate surface area is 159 Å². The van der Waals surface area contributed by atoms with E-state index in [1.54, 1.807) is 19.1 Å². The van der Waals surface area contributed by atoms with Crippen LogP contribution in [0, 0.1) is 13.8 Å². The molecule has 3 aromatic carbocycles. The highest BCUT2D eigenvalue weighted by atomic mass is 32.2. The molecule has 6 heteroatoms. The molecule has 3 aromatic rings. The van der Waals surface area contributed by atoms with Crippen molar-refractivity contribution in [1.82, 2.24) is 4.72 Å². The molecule has 0 aliphatic heterocycles. The van der Waals surface area contributed by atoms with Gasteiger partial charge in [0.1, 0.15) is 0 Å². The Morgan fingerprint density at radius 3 is 2.52 bits per heavy atom. The van der Waals surface area contributed by atoms with E-state index in [4.69, 9.17) is 0 Å². The van der Waals surface area contributed by atoms with E-state index in [9.17, 15) is 13.2 Å². The van der Waals surface area contributed by atoms with Gasteiger partial charge < -0.3 is 5.32 Å². The zero-order valence-corrected chi connectivity index (χ0v) is 16.1. The van der Waals surface area contributed by atoms with Crippen molar-refractivity contribution >= 4 is 32.4 Å². The Morgan fingerprint density at radius 1 is 0.963 bits per heavy atom. The number of nitrogens with one attached hydrogen (secondary N) is 2. The lowest BCUT2D eigenvalue weighted by Gasteiger charge is -2.11. The van der Waals surface area contributed by atoms with E-state index in [0.29, 0.717) is 5.56 Å². The van der Waals surface area contributed by atoms with E-state index in [1.807, 2.05) is 55.5 Å². The van der Waals surface area contributed by atoms with Crippen LogP contribution in [0.15, 0.2) is 65.6 Å². The van der Waals surface area contributed by atoms with Crippen molar-refractivity contribution in [2.24, 2.45) is 0 Å². The molecule has 0 saturated heterocycles. The first-order chi connectivity index (χ1) is 12.9. The quantitative estimate of drug-likeness (QED) is 0.681. The van der Waals surface area contributed by atoms with Crippen LogP contribution in [-0.4, -0.2) is 20.9 Å². The Morgan fingerprint density at radius 2 is 1.70 bits per heavy atom. The molecular weight excluding hydrogens is 360 g/mol. The van der Waals surface area contributed by atoms with Gasteiger partial charge in [0.05, 0.1) is 4.90 Å². The minimum absolute atomic E-state index is 0.0340. The fraction of sp³-hybridized carbons (Fsp3) is 0.190. The summed E-state index contributed by atoms with van der Waals surface area (Å²) in [7, 11) is -3.65. The first-order valence-electron chi connectivity index (χ1n) is 8.71. The van der Waals surface area contributed by atoms with Crippen LogP contribution < -0.4 is 10.0 Å². The largest absolute Gasteiger partial charge is 0.325 e. The molecule has 0 fully saturated rings. The van der Waals surface area contributed by atoms with Crippen LogP contribution in [-0.2, 0) is 14.8 Å². The number of carbonyl (C=O) groups excluding carboxylic acids is 1. The third kappa shape index (κ3) is 4.53. The van der Waals surface area contributed by atoms with Crippen LogP contribution in [0.2, 0.25) is 0 Å². The number of carbonyl (C=O) groups is 1. The summed E-state index contributed by atoms with van der Waals surface area (Å²) in [6.07, 6.45) is 0.0489. The number of sulfonamides is 1. The molecule has 0 aromatic heterocycles. The number of hydrogen-bond donors (Lipinski definition) is 2. The van der Waals surface area contributed by atoms with Crippen molar-refractivity contribution < 1.29 is 13.2 Å². The molecule has 0 aliphatic rings. The number of benzene rings is 3. The molecule has 0 saturated carbocycles. The summed E-state index contributed by atoms with van der Waals surface area (Å²) in [5.41, 5.74) is 2.26. The Bertz CT molecular complexity index is 1090. The third-order valence-corrected chi connectivity index (χ3v) is 5.94. The summed E-state index contributed by atoms with van der Waals surface area (Å²) < 4.78 is 27.5. The molecule has 0 heterocycles. The third-order valence-electron chi connectivity index (χ3n) is 4.34. The van der Waals surface area contributed by atoms with Gasteiger partial charge in [0, 0.05) is 24.0 Å². The highest BCUT2D eigenvalue weighted by Gasteiger charge is 2.17. The van der Waals surface area contributed by atoms with E-state index in [2.05, 4.69) is 10.0 Å². The second kappa shape index (κ2) is 7.90. The monoisotopic (exact) mass is 382 g/mol. The number of fused-ring (bicyclic) bond motifs is 1. The first kappa shape index (κ1) is 19.1. The van der Waals surface area contributed by atoms with Gasteiger partial charge >= 0.3 is 0 Å². The molecular formula is C21H22N2O3S. The van der Waals surface area contributed by atoms with E-state index >= 15 is 0 Å². The van der Waals surface area contributed by atoms with E-state index in [0.717, 1.165) is 22.0 Å². The Hall–Kier alpha value is -2.70. The van der Waals surface area contributed by atoms with Gasteiger partial charge in [-0.2, -0.15) is 0 Å². The SMILES string of the molecule is Cc1ccc(C)c(S(=O)(=O)NCCC(=O)Nc2cccc3ccccc23)c1. The molecule has 0 radical (unpaired) electrons. The summed E-state index contributed by atoms with van der Waals surface area (Å²) in [5, 5.41) is 4.84. The van der Waals surface area contributed by atoms with Crippen LogP contribution in [0.25, 0.3) is 10.8 Å². The summed E-state index contributed by atoms with van der Waals surface area (Å²) in [6.45, 7) is 3.63. The fourth-order valence-electron chi connectivity index (χ4n) is 2.92. The molecule has 0 bridgehead atoms. The zero-order chi connectivity index (χ0) is 19.4. The normalized spacial score (nSPS) is 11.5. The van der Waals surface area contributed by atoms with Gasteiger partial charge in [-0.05, 0) is 42.5 Å². The molecule has 3 rings (SSSR count). The maximum absolute atomic E-state index is 12.5. The second-order valence-corrected chi connectivity index (χ2v) is 8.23. The molecule has 0 unspecified atom stereocenters. The summed E-state index contributed by atoms with van der Waals surface area (Å²) >= 11 is 0. The molecule has 0 aliphatic carbocycles. The van der Waals surface area contributed by atoms with Gasteiger partial charge in [0.25, 0.3) is 0 Å². The minimum Gasteiger partial charge on any atom is -0.325 e. The van der Waals surface area contributed by atoms with E-state index < -0.39 is 10.0 Å². The average Bonchev–Trinajstić information content (AvgIpc) is 2.64. The molecule has 0 spiro atoms. The number of anilines is 1. The topological polar surface area (TPSA) is 75.3 Å². The van der Waals surface area contributed by atoms with Crippen molar-refractivity contribution in [3.8, 4) is 0 Å². The first-order valence-corrected chi connectivity index (χ1v) is 10.2. The minimum atomic E-state index is -3.65. The summed E-state index contributed by atoms with van der Waals surface area (Å²) in [6, 6.07) is 18.7. The van der Waals surface area contributed by atoms with Crippen molar-refractivity contribution in [3.05, 3.63) is 71.8 Å². The second-order valence-electron chi connectivity index (χ2n) is 6.49. The van der Waals surface area contributed by atoms with E-state index in [-0.39, 0.29) is 23.8 Å². The highest BCUT2D eigenvalue weighted by Crippen LogP contribution is 2.23. The molecule has 2 N–H and O–H groups in total.